The SMILES string of the molecule is Nc1cc(C2CCS(=O)(=O)C2)n[nH]c1=O. The molecule has 1 aromatic rings. The highest BCUT2D eigenvalue weighted by Crippen LogP contribution is 2.27. The molecular formula is C8H11N3O3S. The van der Waals surface area contributed by atoms with Crippen LogP contribution in [0, 0.1) is 0 Å². The maximum Gasteiger partial charge on any atom is 0.287 e. The second-order valence-electron chi connectivity index (χ2n) is 3.68. The zero-order valence-electron chi connectivity index (χ0n) is 7.93. The molecule has 1 aliphatic rings. The number of nitrogens with two attached hydrogens (primary N) is 1. The number of hydrogen-bond acceptors (Lipinski definition) is 5. The van der Waals surface area contributed by atoms with E-state index in [1.165, 1.54) is 6.07 Å². The van der Waals surface area contributed by atoms with Crippen molar-refractivity contribution in [2.75, 3.05) is 17.2 Å². The van der Waals surface area contributed by atoms with Crippen molar-refractivity contribution in [3.8, 4) is 0 Å². The van der Waals surface area contributed by atoms with Crippen molar-refractivity contribution in [2.45, 2.75) is 12.3 Å². The number of nitrogens with zero attached hydrogens (tertiary/aromatic N) is 1. The van der Waals surface area contributed by atoms with Gasteiger partial charge in [-0.05, 0) is 12.5 Å². The van der Waals surface area contributed by atoms with Gasteiger partial charge in [0.15, 0.2) is 9.84 Å². The molecule has 1 unspecified atom stereocenters. The molecule has 0 bridgehead atoms. The molecule has 2 rings (SSSR count). The van der Waals surface area contributed by atoms with Gasteiger partial charge < -0.3 is 5.73 Å². The van der Waals surface area contributed by atoms with Gasteiger partial charge in [0.1, 0.15) is 5.69 Å². The van der Waals surface area contributed by atoms with Crippen LogP contribution in [0.3, 0.4) is 0 Å². The number of nitrogens with one attached hydrogen (secondary N) is 1. The van der Waals surface area contributed by atoms with Crippen LogP contribution < -0.4 is 11.3 Å². The Morgan fingerprint density at radius 1 is 1.53 bits per heavy atom. The van der Waals surface area contributed by atoms with Crippen LogP contribution in [-0.4, -0.2) is 30.1 Å². The zero-order chi connectivity index (χ0) is 11.1. The molecule has 1 aliphatic heterocycles. The molecule has 0 amide bonds. The summed E-state index contributed by atoms with van der Waals surface area (Å²) in [4.78, 5) is 11.0. The van der Waals surface area contributed by atoms with Crippen LogP contribution in [0.4, 0.5) is 5.69 Å². The van der Waals surface area contributed by atoms with E-state index >= 15 is 0 Å². The standard InChI is InChI=1S/C8H11N3O3S/c9-6-3-7(10-11-8(6)12)5-1-2-15(13,14)4-5/h3,5H,1-2,4H2,(H2,9,10)(H,11,12). The minimum Gasteiger partial charge on any atom is -0.394 e. The first-order chi connectivity index (χ1) is 6.98. The number of sulfone groups is 1. The predicted molar refractivity (Wildman–Crippen MR) is 55.3 cm³/mol. The fraction of sp³-hybridized carbons (Fsp3) is 0.500. The molecule has 1 fully saturated rings. The average molecular weight is 229 g/mol. The summed E-state index contributed by atoms with van der Waals surface area (Å²) in [6.45, 7) is 0. The lowest BCUT2D eigenvalue weighted by molar-refractivity contribution is 0.601. The number of rotatable bonds is 1. The van der Waals surface area contributed by atoms with Gasteiger partial charge in [0.2, 0.25) is 0 Å². The molecule has 15 heavy (non-hydrogen) atoms. The fourth-order valence-corrected chi connectivity index (χ4v) is 3.44. The number of hydrogen-bond donors (Lipinski definition) is 2. The van der Waals surface area contributed by atoms with Gasteiger partial charge in [-0.2, -0.15) is 5.10 Å². The molecule has 7 heteroatoms. The van der Waals surface area contributed by atoms with Gasteiger partial charge in [-0.25, -0.2) is 13.5 Å². The molecule has 1 saturated heterocycles. The van der Waals surface area contributed by atoms with Gasteiger partial charge in [0.05, 0.1) is 17.2 Å². The van der Waals surface area contributed by atoms with Crippen molar-refractivity contribution in [2.24, 2.45) is 0 Å². The maximum atomic E-state index is 11.2. The predicted octanol–water partition coefficient (Wildman–Crippen LogP) is -0.746. The molecule has 0 aliphatic carbocycles. The molecule has 1 atom stereocenters. The van der Waals surface area contributed by atoms with Gasteiger partial charge in [0.25, 0.3) is 5.56 Å². The van der Waals surface area contributed by atoms with E-state index in [1.54, 1.807) is 0 Å². The van der Waals surface area contributed by atoms with E-state index < -0.39 is 15.4 Å². The average Bonchev–Trinajstić information content (AvgIpc) is 2.51. The molecule has 0 aromatic carbocycles. The Labute approximate surface area is 86.4 Å². The van der Waals surface area contributed by atoms with E-state index in [0.717, 1.165) is 0 Å². The highest BCUT2D eigenvalue weighted by atomic mass is 32.2. The van der Waals surface area contributed by atoms with Gasteiger partial charge in [-0.15, -0.1) is 0 Å². The summed E-state index contributed by atoms with van der Waals surface area (Å²) in [6.07, 6.45) is 0.542. The van der Waals surface area contributed by atoms with Crippen molar-refractivity contribution in [1.29, 1.82) is 0 Å². The van der Waals surface area contributed by atoms with Crippen LogP contribution in [0.15, 0.2) is 10.9 Å². The van der Waals surface area contributed by atoms with E-state index in [0.29, 0.717) is 12.1 Å². The Hall–Kier alpha value is -1.37. The topological polar surface area (TPSA) is 106 Å². The molecule has 0 radical (unpaired) electrons. The number of H-pyrrole nitrogens is 1. The first kappa shape index (κ1) is 10.2. The van der Waals surface area contributed by atoms with E-state index in [9.17, 15) is 13.2 Å². The van der Waals surface area contributed by atoms with Crippen molar-refractivity contribution in [3.05, 3.63) is 22.1 Å². The lowest BCUT2D eigenvalue weighted by Gasteiger charge is -2.05. The van der Waals surface area contributed by atoms with Crippen molar-refractivity contribution in [3.63, 3.8) is 0 Å². The normalized spacial score (nSPS) is 24.1. The lowest BCUT2D eigenvalue weighted by Crippen LogP contribution is -2.16. The van der Waals surface area contributed by atoms with E-state index in [4.69, 9.17) is 5.73 Å². The minimum atomic E-state index is -2.94. The van der Waals surface area contributed by atoms with Crippen LogP contribution in [0.2, 0.25) is 0 Å². The van der Waals surface area contributed by atoms with Gasteiger partial charge >= 0.3 is 0 Å². The van der Waals surface area contributed by atoms with Gasteiger partial charge in [-0.1, -0.05) is 0 Å². The molecule has 0 spiro atoms. The van der Waals surface area contributed by atoms with E-state index in [-0.39, 0.29) is 23.1 Å². The summed E-state index contributed by atoms with van der Waals surface area (Å²) >= 11 is 0. The third-order valence-corrected chi connectivity index (χ3v) is 4.27. The monoisotopic (exact) mass is 229 g/mol. The van der Waals surface area contributed by atoms with Crippen molar-refractivity contribution >= 4 is 15.5 Å². The summed E-state index contributed by atoms with van der Waals surface area (Å²) in [5, 5.41) is 6.05. The first-order valence-electron chi connectivity index (χ1n) is 4.53. The van der Waals surface area contributed by atoms with Crippen LogP contribution in [-0.2, 0) is 9.84 Å². The summed E-state index contributed by atoms with van der Waals surface area (Å²) < 4.78 is 22.5. The highest BCUT2D eigenvalue weighted by molar-refractivity contribution is 7.91. The Balaban J connectivity index is 2.32. The largest absolute Gasteiger partial charge is 0.394 e. The Kier molecular flexibility index (Phi) is 2.26. The Bertz CT molecular complexity index is 534. The van der Waals surface area contributed by atoms with Crippen LogP contribution in [0.1, 0.15) is 18.0 Å². The number of nitrogen functional groups attached to an aromatic ring is 1. The van der Waals surface area contributed by atoms with E-state index in [1.807, 2.05) is 0 Å². The first-order valence-corrected chi connectivity index (χ1v) is 6.35. The fourth-order valence-electron chi connectivity index (χ4n) is 1.67. The molecule has 82 valence electrons. The summed E-state index contributed by atoms with van der Waals surface area (Å²) in [5.74, 6) is 0.123. The molecular weight excluding hydrogens is 218 g/mol. The number of aromatic nitrogens is 2. The third-order valence-electron chi connectivity index (χ3n) is 2.50. The van der Waals surface area contributed by atoms with Crippen LogP contribution in [0.25, 0.3) is 0 Å². The second-order valence-corrected chi connectivity index (χ2v) is 5.91. The minimum absolute atomic E-state index is 0.0734. The molecule has 0 saturated carbocycles. The molecule has 2 heterocycles. The third kappa shape index (κ3) is 2.01. The zero-order valence-corrected chi connectivity index (χ0v) is 8.75. The van der Waals surface area contributed by atoms with Crippen molar-refractivity contribution < 1.29 is 8.42 Å². The van der Waals surface area contributed by atoms with Crippen molar-refractivity contribution in [1.82, 2.24) is 10.2 Å². The van der Waals surface area contributed by atoms with Crippen LogP contribution in [0.5, 0.6) is 0 Å². The van der Waals surface area contributed by atoms with E-state index in [2.05, 4.69) is 10.2 Å². The smallest absolute Gasteiger partial charge is 0.287 e. The number of anilines is 1. The van der Waals surface area contributed by atoms with Gasteiger partial charge in [0, 0.05) is 5.92 Å². The Morgan fingerprint density at radius 2 is 2.27 bits per heavy atom. The maximum absolute atomic E-state index is 11.2. The van der Waals surface area contributed by atoms with Gasteiger partial charge in [-0.3, -0.25) is 4.79 Å². The molecule has 6 nitrogen and oxygen atoms in total. The second kappa shape index (κ2) is 3.34. The summed E-state index contributed by atoms with van der Waals surface area (Å²) in [6, 6.07) is 1.45. The molecule has 3 N–H and O–H groups in total. The van der Waals surface area contributed by atoms with Crippen LogP contribution >= 0.6 is 0 Å². The quantitative estimate of drug-likeness (QED) is 0.659. The molecule has 1 aromatic heterocycles. The summed E-state index contributed by atoms with van der Waals surface area (Å²) in [7, 11) is -2.94. The summed E-state index contributed by atoms with van der Waals surface area (Å²) in [5.41, 5.74) is 5.60. The lowest BCUT2D eigenvalue weighted by atomic mass is 10.1. The Morgan fingerprint density at radius 3 is 2.80 bits per heavy atom. The highest BCUT2D eigenvalue weighted by Gasteiger charge is 2.30. The number of aromatic amines is 1.